The van der Waals surface area contributed by atoms with Crippen molar-refractivity contribution in [2.24, 2.45) is 0 Å². The van der Waals surface area contributed by atoms with Gasteiger partial charge in [-0.1, -0.05) is 58.5 Å². The molecule has 4 rings (SSSR count). The van der Waals surface area contributed by atoms with Crippen molar-refractivity contribution in [1.82, 2.24) is 5.32 Å². The highest BCUT2D eigenvalue weighted by Gasteiger charge is 2.37. The van der Waals surface area contributed by atoms with Crippen LogP contribution >= 0.6 is 46.4 Å². The van der Waals surface area contributed by atoms with Crippen molar-refractivity contribution in [3.8, 4) is 11.5 Å². The van der Waals surface area contributed by atoms with Gasteiger partial charge in [-0.2, -0.15) is 0 Å². The predicted octanol–water partition coefficient (Wildman–Crippen LogP) is 6.38. The van der Waals surface area contributed by atoms with Crippen LogP contribution in [0, 0.1) is 0 Å². The van der Waals surface area contributed by atoms with Crippen LogP contribution < -0.4 is 25.0 Å². The Kier molecular flexibility index (Phi) is 9.21. The van der Waals surface area contributed by atoms with Gasteiger partial charge in [0, 0.05) is 0 Å². The highest BCUT2D eigenvalue weighted by Crippen LogP contribution is 2.38. The Labute approximate surface area is 248 Å². The summed E-state index contributed by atoms with van der Waals surface area (Å²) in [7, 11) is 0. The fraction of sp³-hybridized carbons (Fsp3) is 0.111. The van der Waals surface area contributed by atoms with Crippen molar-refractivity contribution in [1.29, 1.82) is 0 Å². The number of nitrogens with zero attached hydrogens (tertiary/aromatic N) is 1. The quantitative estimate of drug-likeness (QED) is 0.222. The lowest BCUT2D eigenvalue weighted by Crippen LogP contribution is -2.54. The minimum absolute atomic E-state index is 0.0458. The van der Waals surface area contributed by atoms with Gasteiger partial charge in [-0.15, -0.1) is 0 Å². The van der Waals surface area contributed by atoms with Crippen LogP contribution in [0.25, 0.3) is 6.08 Å². The highest BCUT2D eigenvalue weighted by atomic mass is 35.5. The fourth-order valence-corrected chi connectivity index (χ4v) is 4.39. The van der Waals surface area contributed by atoms with Gasteiger partial charge < -0.3 is 14.8 Å². The van der Waals surface area contributed by atoms with Crippen molar-refractivity contribution in [2.75, 3.05) is 23.4 Å². The number of carbonyl (C=O) groups excluding carboxylic acids is 4. The third-order valence-corrected chi connectivity index (χ3v) is 6.75. The first-order valence-electron chi connectivity index (χ1n) is 11.6. The summed E-state index contributed by atoms with van der Waals surface area (Å²) >= 11 is 24.5. The van der Waals surface area contributed by atoms with E-state index < -0.39 is 30.4 Å². The van der Waals surface area contributed by atoms with Crippen LogP contribution in [0.3, 0.4) is 0 Å². The smallest absolute Gasteiger partial charge is 0.335 e. The van der Waals surface area contributed by atoms with E-state index >= 15 is 0 Å². The van der Waals surface area contributed by atoms with Gasteiger partial charge in [0.1, 0.15) is 5.57 Å². The maximum atomic E-state index is 13.2. The number of anilines is 2. The van der Waals surface area contributed by atoms with Crippen molar-refractivity contribution >= 4 is 87.6 Å². The first-order valence-corrected chi connectivity index (χ1v) is 13.1. The minimum atomic E-state index is -0.947. The summed E-state index contributed by atoms with van der Waals surface area (Å²) in [6.45, 7) is 1.54. The summed E-state index contributed by atoms with van der Waals surface area (Å²) in [6, 6.07) is 12.8. The van der Waals surface area contributed by atoms with Gasteiger partial charge in [0.2, 0.25) is 0 Å². The third kappa shape index (κ3) is 6.51. The van der Waals surface area contributed by atoms with Gasteiger partial charge >= 0.3 is 6.03 Å². The zero-order chi connectivity index (χ0) is 29.0. The predicted molar refractivity (Wildman–Crippen MR) is 154 cm³/mol. The second kappa shape index (κ2) is 12.6. The van der Waals surface area contributed by atoms with E-state index in [0.717, 1.165) is 4.90 Å². The van der Waals surface area contributed by atoms with E-state index in [1.54, 1.807) is 31.2 Å². The zero-order valence-corrected chi connectivity index (χ0v) is 23.6. The number of amides is 5. The van der Waals surface area contributed by atoms with Gasteiger partial charge in [0.15, 0.2) is 18.1 Å². The van der Waals surface area contributed by atoms with Crippen LogP contribution in [-0.4, -0.2) is 37.0 Å². The summed E-state index contributed by atoms with van der Waals surface area (Å²) in [5.74, 6) is -2.05. The number of barbiturate groups is 1. The second-order valence-corrected chi connectivity index (χ2v) is 9.76. The van der Waals surface area contributed by atoms with Crippen molar-refractivity contribution in [2.45, 2.75) is 6.92 Å². The molecule has 0 bridgehead atoms. The molecule has 5 amide bonds. The highest BCUT2D eigenvalue weighted by molar-refractivity contribution is 6.43. The average molecular weight is 623 g/mol. The molecular weight excluding hydrogens is 604 g/mol. The molecule has 2 N–H and O–H groups in total. The van der Waals surface area contributed by atoms with Gasteiger partial charge in [0.05, 0.1) is 38.1 Å². The Morgan fingerprint density at radius 3 is 2.38 bits per heavy atom. The van der Waals surface area contributed by atoms with Gasteiger partial charge in [-0.25, -0.2) is 9.69 Å². The maximum absolute atomic E-state index is 13.2. The molecule has 206 valence electrons. The Morgan fingerprint density at radius 2 is 1.68 bits per heavy atom. The molecule has 1 heterocycles. The molecule has 9 nitrogen and oxygen atoms in total. The number of nitrogens with one attached hydrogen (secondary N) is 2. The number of halogens is 4. The standard InChI is InChI=1S/C27H19Cl4N3O6/c1-2-39-22-11-14(10-20(31)24(22)40-13-23(35)32-21-6-4-3-5-18(21)29)9-16-25(36)33-27(38)34(26(16)37)15-7-8-17(28)19(30)12-15/h3-12H,2,13H2,1H3,(H,32,35)(H,33,36,38)/b16-9-. The van der Waals surface area contributed by atoms with E-state index in [4.69, 9.17) is 55.9 Å². The average Bonchev–Trinajstić information content (AvgIpc) is 2.89. The molecule has 0 aromatic heterocycles. The normalized spacial score (nSPS) is 14.3. The summed E-state index contributed by atoms with van der Waals surface area (Å²) < 4.78 is 11.3. The summed E-state index contributed by atoms with van der Waals surface area (Å²) in [5, 5.41) is 5.51. The van der Waals surface area contributed by atoms with Crippen LogP contribution in [-0.2, 0) is 14.4 Å². The molecule has 1 aliphatic rings. The van der Waals surface area contributed by atoms with Gasteiger partial charge in [0.25, 0.3) is 17.7 Å². The number of urea groups is 1. The van der Waals surface area contributed by atoms with Gasteiger partial charge in [-0.3, -0.25) is 19.7 Å². The largest absolute Gasteiger partial charge is 0.490 e. The Hall–Kier alpha value is -3.76. The summed E-state index contributed by atoms with van der Waals surface area (Å²) in [5.41, 5.74) is 0.474. The van der Waals surface area contributed by atoms with Gasteiger partial charge in [-0.05, 0) is 61.0 Å². The molecule has 1 fully saturated rings. The molecule has 13 heteroatoms. The van der Waals surface area contributed by atoms with E-state index in [0.29, 0.717) is 16.3 Å². The topological polar surface area (TPSA) is 114 Å². The van der Waals surface area contributed by atoms with E-state index in [1.807, 2.05) is 0 Å². The Bertz CT molecular complexity index is 1560. The van der Waals surface area contributed by atoms with Crippen LogP contribution in [0.1, 0.15) is 12.5 Å². The SMILES string of the molecule is CCOc1cc(/C=C2/C(=O)NC(=O)N(c3ccc(Cl)c(Cl)c3)C2=O)cc(Cl)c1OCC(=O)Nc1ccccc1Cl. The van der Waals surface area contributed by atoms with Crippen LogP contribution in [0.5, 0.6) is 11.5 Å². The molecule has 0 saturated carbocycles. The molecule has 1 saturated heterocycles. The Balaban J connectivity index is 1.59. The molecule has 3 aromatic rings. The van der Waals surface area contributed by atoms with E-state index in [1.165, 1.54) is 36.4 Å². The van der Waals surface area contributed by atoms with Crippen molar-refractivity contribution in [3.05, 3.63) is 85.8 Å². The molecule has 1 aliphatic heterocycles. The van der Waals surface area contributed by atoms with E-state index in [-0.39, 0.29) is 44.4 Å². The van der Waals surface area contributed by atoms with Crippen LogP contribution in [0.4, 0.5) is 16.2 Å². The number of hydrogen-bond donors (Lipinski definition) is 2. The number of imide groups is 2. The minimum Gasteiger partial charge on any atom is -0.490 e. The lowest BCUT2D eigenvalue weighted by Gasteiger charge is -2.26. The summed E-state index contributed by atoms with van der Waals surface area (Å²) in [6.07, 6.45) is 1.25. The lowest BCUT2D eigenvalue weighted by atomic mass is 10.1. The maximum Gasteiger partial charge on any atom is 0.335 e. The number of para-hydroxylation sites is 1. The zero-order valence-electron chi connectivity index (χ0n) is 20.6. The number of carbonyl (C=O) groups is 4. The molecular formula is C27H19Cl4N3O6. The first kappa shape index (κ1) is 29.2. The molecule has 0 aliphatic carbocycles. The number of benzene rings is 3. The third-order valence-electron chi connectivity index (χ3n) is 5.40. The van der Waals surface area contributed by atoms with Crippen molar-refractivity contribution < 1.29 is 28.7 Å². The molecule has 0 atom stereocenters. The Morgan fingerprint density at radius 1 is 0.925 bits per heavy atom. The number of hydrogen-bond acceptors (Lipinski definition) is 6. The molecule has 3 aromatic carbocycles. The summed E-state index contributed by atoms with van der Waals surface area (Å²) in [4.78, 5) is 51.5. The molecule has 0 spiro atoms. The number of rotatable bonds is 8. The van der Waals surface area contributed by atoms with Crippen molar-refractivity contribution in [3.63, 3.8) is 0 Å². The first-order chi connectivity index (χ1) is 19.1. The second-order valence-electron chi connectivity index (χ2n) is 8.14. The molecule has 0 radical (unpaired) electrons. The van der Waals surface area contributed by atoms with Crippen LogP contribution in [0.2, 0.25) is 20.1 Å². The van der Waals surface area contributed by atoms with E-state index in [2.05, 4.69) is 10.6 Å². The monoisotopic (exact) mass is 621 g/mol. The number of ether oxygens (including phenoxy) is 2. The fourth-order valence-electron chi connectivity index (χ4n) is 3.64. The van der Waals surface area contributed by atoms with Crippen LogP contribution in [0.15, 0.2) is 60.2 Å². The molecule has 40 heavy (non-hydrogen) atoms. The lowest BCUT2D eigenvalue weighted by molar-refractivity contribution is -0.122. The van der Waals surface area contributed by atoms with E-state index in [9.17, 15) is 19.2 Å². The molecule has 0 unspecified atom stereocenters.